The highest BCUT2D eigenvalue weighted by molar-refractivity contribution is 14.0. The summed E-state index contributed by atoms with van der Waals surface area (Å²) in [6.45, 7) is 8.64. The van der Waals surface area contributed by atoms with Crippen LogP contribution in [0.25, 0.3) is 0 Å². The van der Waals surface area contributed by atoms with E-state index >= 15 is 0 Å². The fraction of sp³-hybridized carbons (Fsp3) is 0.933. The van der Waals surface area contributed by atoms with Crippen LogP contribution in [0.4, 0.5) is 0 Å². The van der Waals surface area contributed by atoms with Crippen molar-refractivity contribution in [3.8, 4) is 0 Å². The van der Waals surface area contributed by atoms with Crippen LogP contribution in [0.2, 0.25) is 0 Å². The van der Waals surface area contributed by atoms with Crippen LogP contribution in [0.3, 0.4) is 0 Å². The van der Waals surface area contributed by atoms with Crippen molar-refractivity contribution in [2.45, 2.75) is 44.6 Å². The van der Waals surface area contributed by atoms with Crippen LogP contribution in [0.15, 0.2) is 4.99 Å². The van der Waals surface area contributed by atoms with Gasteiger partial charge in [0.2, 0.25) is 0 Å². The zero-order chi connectivity index (χ0) is 14.3. The second kappa shape index (κ2) is 9.84. The molecule has 2 saturated heterocycles. The van der Waals surface area contributed by atoms with E-state index in [1.54, 1.807) is 0 Å². The van der Waals surface area contributed by atoms with Crippen molar-refractivity contribution >= 4 is 29.9 Å². The van der Waals surface area contributed by atoms with Crippen LogP contribution in [0.5, 0.6) is 0 Å². The van der Waals surface area contributed by atoms with Gasteiger partial charge in [-0.05, 0) is 58.7 Å². The summed E-state index contributed by atoms with van der Waals surface area (Å²) in [4.78, 5) is 6.82. The van der Waals surface area contributed by atoms with E-state index in [0.717, 1.165) is 32.1 Å². The van der Waals surface area contributed by atoms with E-state index < -0.39 is 0 Å². The van der Waals surface area contributed by atoms with Gasteiger partial charge in [0.25, 0.3) is 0 Å². The molecule has 6 heteroatoms. The number of rotatable bonds is 6. The molecule has 2 rings (SSSR count). The number of nitrogens with one attached hydrogen (secondary N) is 2. The molecule has 124 valence electrons. The van der Waals surface area contributed by atoms with Crippen molar-refractivity contribution < 1.29 is 4.74 Å². The van der Waals surface area contributed by atoms with Gasteiger partial charge in [-0.15, -0.1) is 24.0 Å². The maximum absolute atomic E-state index is 5.78. The van der Waals surface area contributed by atoms with Gasteiger partial charge in [0.15, 0.2) is 5.96 Å². The molecule has 2 aliphatic heterocycles. The summed E-state index contributed by atoms with van der Waals surface area (Å²) in [5.41, 5.74) is -0.0207. The second-order valence-electron chi connectivity index (χ2n) is 6.16. The molecule has 0 spiro atoms. The number of nitrogens with zero attached hydrogens (tertiary/aromatic N) is 2. The van der Waals surface area contributed by atoms with Crippen molar-refractivity contribution in [2.75, 3.05) is 46.4 Å². The summed E-state index contributed by atoms with van der Waals surface area (Å²) in [6, 6.07) is 0. The van der Waals surface area contributed by atoms with Gasteiger partial charge in [-0.1, -0.05) is 0 Å². The minimum Gasteiger partial charge on any atom is -0.373 e. The van der Waals surface area contributed by atoms with Crippen LogP contribution < -0.4 is 10.6 Å². The van der Waals surface area contributed by atoms with Crippen LogP contribution in [0, 0.1) is 0 Å². The molecule has 2 aliphatic rings. The summed E-state index contributed by atoms with van der Waals surface area (Å²) in [6.07, 6.45) is 6.21. The summed E-state index contributed by atoms with van der Waals surface area (Å²) in [5.74, 6) is 0.892. The Kier molecular flexibility index (Phi) is 8.89. The van der Waals surface area contributed by atoms with Gasteiger partial charge in [0.1, 0.15) is 0 Å². The molecule has 2 fully saturated rings. The second-order valence-corrected chi connectivity index (χ2v) is 6.16. The number of hydrogen-bond donors (Lipinski definition) is 2. The Labute approximate surface area is 146 Å². The maximum atomic E-state index is 5.78. The summed E-state index contributed by atoms with van der Waals surface area (Å²) < 4.78 is 5.78. The molecule has 0 amide bonds. The van der Waals surface area contributed by atoms with Crippen LogP contribution in [-0.4, -0.2) is 62.8 Å². The quantitative estimate of drug-likeness (QED) is 0.304. The molecular formula is C15H31IN4O. The first-order valence-electron chi connectivity index (χ1n) is 8.03. The Balaban J connectivity index is 0.00000220. The minimum atomic E-state index is -0.0207. The maximum Gasteiger partial charge on any atom is 0.191 e. The third-order valence-corrected chi connectivity index (χ3v) is 4.30. The van der Waals surface area contributed by atoms with Crippen molar-refractivity contribution in [2.24, 2.45) is 4.99 Å². The molecule has 2 N–H and O–H groups in total. The number of ether oxygens (including phenoxy) is 1. The van der Waals surface area contributed by atoms with Crippen LogP contribution in [0.1, 0.15) is 39.0 Å². The number of halogens is 1. The molecule has 1 unspecified atom stereocenters. The number of hydrogen-bond acceptors (Lipinski definition) is 3. The highest BCUT2D eigenvalue weighted by Gasteiger charge is 2.29. The van der Waals surface area contributed by atoms with E-state index in [4.69, 9.17) is 4.74 Å². The van der Waals surface area contributed by atoms with E-state index in [-0.39, 0.29) is 29.6 Å². The average Bonchev–Trinajstić information content (AvgIpc) is 3.10. The van der Waals surface area contributed by atoms with E-state index in [2.05, 4.69) is 27.4 Å². The largest absolute Gasteiger partial charge is 0.373 e. The predicted molar refractivity (Wildman–Crippen MR) is 98.7 cm³/mol. The van der Waals surface area contributed by atoms with Gasteiger partial charge in [-0.3, -0.25) is 4.99 Å². The zero-order valence-corrected chi connectivity index (χ0v) is 15.8. The zero-order valence-electron chi connectivity index (χ0n) is 13.5. The van der Waals surface area contributed by atoms with Gasteiger partial charge >= 0.3 is 0 Å². The summed E-state index contributed by atoms with van der Waals surface area (Å²) >= 11 is 0. The van der Waals surface area contributed by atoms with Crippen molar-refractivity contribution in [3.05, 3.63) is 0 Å². The van der Waals surface area contributed by atoms with Crippen molar-refractivity contribution in [1.82, 2.24) is 15.5 Å². The van der Waals surface area contributed by atoms with E-state index in [0.29, 0.717) is 0 Å². The fourth-order valence-corrected chi connectivity index (χ4v) is 2.98. The minimum absolute atomic E-state index is 0. The Bertz CT molecular complexity index is 313. The lowest BCUT2D eigenvalue weighted by molar-refractivity contribution is 0.0243. The third kappa shape index (κ3) is 6.69. The first-order chi connectivity index (χ1) is 9.72. The smallest absolute Gasteiger partial charge is 0.191 e. The predicted octanol–water partition coefficient (Wildman–Crippen LogP) is 1.82. The number of guanidine groups is 1. The average molecular weight is 410 g/mol. The highest BCUT2D eigenvalue weighted by atomic mass is 127. The molecule has 0 aromatic rings. The van der Waals surface area contributed by atoms with Crippen molar-refractivity contribution in [1.29, 1.82) is 0 Å². The number of likely N-dealkylation sites (tertiary alicyclic amines) is 1. The van der Waals surface area contributed by atoms with E-state index in [1.165, 1.54) is 45.3 Å². The molecular weight excluding hydrogens is 379 g/mol. The summed E-state index contributed by atoms with van der Waals surface area (Å²) in [7, 11) is 1.83. The van der Waals surface area contributed by atoms with Gasteiger partial charge in [-0.2, -0.15) is 0 Å². The van der Waals surface area contributed by atoms with Crippen LogP contribution >= 0.6 is 24.0 Å². The summed E-state index contributed by atoms with van der Waals surface area (Å²) in [5, 5.41) is 6.77. The highest BCUT2D eigenvalue weighted by Crippen LogP contribution is 2.23. The Hall–Kier alpha value is -0.0800. The lowest BCUT2D eigenvalue weighted by Crippen LogP contribution is -2.46. The lowest BCUT2D eigenvalue weighted by atomic mass is 10.0. The monoisotopic (exact) mass is 410 g/mol. The van der Waals surface area contributed by atoms with Gasteiger partial charge in [0.05, 0.1) is 5.60 Å². The van der Waals surface area contributed by atoms with E-state index in [9.17, 15) is 0 Å². The van der Waals surface area contributed by atoms with Crippen LogP contribution in [-0.2, 0) is 4.74 Å². The molecule has 0 saturated carbocycles. The first-order valence-corrected chi connectivity index (χ1v) is 8.03. The molecule has 5 nitrogen and oxygen atoms in total. The molecule has 2 heterocycles. The Morgan fingerprint density at radius 3 is 2.62 bits per heavy atom. The molecule has 0 radical (unpaired) electrons. The Morgan fingerprint density at radius 2 is 2.00 bits per heavy atom. The molecule has 0 bridgehead atoms. The molecule has 0 aliphatic carbocycles. The SMILES string of the molecule is CN=C(NCCCN1CCCC1)NCC1(C)CCCO1.I. The first kappa shape index (κ1) is 19.0. The topological polar surface area (TPSA) is 48.9 Å². The number of aliphatic imine (C=N–C) groups is 1. The Morgan fingerprint density at radius 1 is 1.24 bits per heavy atom. The standard InChI is InChI=1S/C15H30N4O.HI/c1-15(7-5-12-20-15)13-18-14(16-2)17-8-6-11-19-9-3-4-10-19;/h3-13H2,1-2H3,(H2,16,17,18);1H. The normalized spacial score (nSPS) is 26.7. The van der Waals surface area contributed by atoms with Gasteiger partial charge in [0, 0.05) is 26.7 Å². The third-order valence-electron chi connectivity index (χ3n) is 4.30. The molecule has 21 heavy (non-hydrogen) atoms. The molecule has 1 atom stereocenters. The fourth-order valence-electron chi connectivity index (χ4n) is 2.98. The van der Waals surface area contributed by atoms with Gasteiger partial charge < -0.3 is 20.3 Å². The van der Waals surface area contributed by atoms with Crippen molar-refractivity contribution in [3.63, 3.8) is 0 Å². The van der Waals surface area contributed by atoms with E-state index in [1.807, 2.05) is 7.05 Å². The molecule has 0 aromatic carbocycles. The lowest BCUT2D eigenvalue weighted by Gasteiger charge is -2.24. The molecule has 0 aromatic heterocycles. The van der Waals surface area contributed by atoms with Gasteiger partial charge in [-0.25, -0.2) is 0 Å².